The van der Waals surface area contributed by atoms with E-state index < -0.39 is 5.41 Å². The predicted molar refractivity (Wildman–Crippen MR) is 139 cm³/mol. The fourth-order valence-electron chi connectivity index (χ4n) is 4.11. The number of hydrogen-bond donors (Lipinski definition) is 2. The Labute approximate surface area is 200 Å². The molecule has 0 saturated heterocycles. The maximum Gasteiger partial charge on any atom is 0.155 e. The van der Waals surface area contributed by atoms with Crippen molar-refractivity contribution in [2.75, 3.05) is 0 Å². The summed E-state index contributed by atoms with van der Waals surface area (Å²) in [4.78, 5) is 26.7. The molecule has 32 heavy (non-hydrogen) atoms. The Hall–Kier alpha value is -0.740. The lowest BCUT2D eigenvalue weighted by atomic mass is 9.75. The highest BCUT2D eigenvalue weighted by Crippen LogP contribution is 2.32. The van der Waals surface area contributed by atoms with Crippen molar-refractivity contribution in [2.24, 2.45) is 22.7 Å². The summed E-state index contributed by atoms with van der Waals surface area (Å²) in [5.41, 5.74) is -1.16. The fourth-order valence-corrected chi connectivity index (χ4v) is 4.11. The van der Waals surface area contributed by atoms with Crippen LogP contribution in [0.4, 0.5) is 0 Å². The first-order chi connectivity index (χ1) is 14.1. The van der Waals surface area contributed by atoms with Crippen LogP contribution in [-0.2, 0) is 9.59 Å². The van der Waals surface area contributed by atoms with Gasteiger partial charge >= 0.3 is 0 Å². The molecule has 0 heterocycles. The molecular weight excluding hydrogens is 396 g/mol. The van der Waals surface area contributed by atoms with Crippen molar-refractivity contribution in [1.82, 2.24) is 10.6 Å². The summed E-state index contributed by atoms with van der Waals surface area (Å²) >= 11 is 0. The first-order valence-electron chi connectivity index (χ1n) is 12.8. The lowest BCUT2D eigenvalue weighted by Gasteiger charge is -2.39. The molecule has 3 atom stereocenters. The maximum atomic E-state index is 13.6. The summed E-state index contributed by atoms with van der Waals surface area (Å²) in [6.07, 6.45) is 3.41. The number of nitrogens with one attached hydrogen (secondary N) is 2. The molecule has 4 nitrogen and oxygen atoms in total. The summed E-state index contributed by atoms with van der Waals surface area (Å²) in [6.45, 7) is 29.5. The number of rotatable bonds is 13. The smallest absolute Gasteiger partial charge is 0.155 e. The number of carbonyl (C=O) groups excluding carboxylic acids is 2. The van der Waals surface area contributed by atoms with Crippen molar-refractivity contribution >= 4 is 11.6 Å². The van der Waals surface area contributed by atoms with Gasteiger partial charge in [-0.05, 0) is 65.7 Å². The Balaban J connectivity index is 5.47. The topological polar surface area (TPSA) is 58.2 Å². The second-order valence-corrected chi connectivity index (χ2v) is 13.8. The van der Waals surface area contributed by atoms with Crippen LogP contribution in [0.3, 0.4) is 0 Å². The average Bonchev–Trinajstić information content (AvgIpc) is 2.60. The summed E-state index contributed by atoms with van der Waals surface area (Å²) < 4.78 is 0. The van der Waals surface area contributed by atoms with E-state index in [1.807, 2.05) is 20.8 Å². The Bertz CT molecular complexity index is 606. The van der Waals surface area contributed by atoms with Crippen molar-refractivity contribution in [2.45, 2.75) is 146 Å². The van der Waals surface area contributed by atoms with E-state index in [9.17, 15) is 9.59 Å². The van der Waals surface area contributed by atoms with Crippen LogP contribution in [0.2, 0.25) is 0 Å². The second-order valence-electron chi connectivity index (χ2n) is 13.8. The van der Waals surface area contributed by atoms with Gasteiger partial charge in [-0.3, -0.25) is 9.59 Å². The fraction of sp³-hybridized carbons (Fsp3) is 0.929. The minimum absolute atomic E-state index is 0.108. The molecule has 0 spiro atoms. The van der Waals surface area contributed by atoms with Crippen molar-refractivity contribution < 1.29 is 9.59 Å². The number of carbonyl (C=O) groups is 2. The molecule has 0 aromatic heterocycles. The summed E-state index contributed by atoms with van der Waals surface area (Å²) in [5.74, 6) is 1.28. The van der Waals surface area contributed by atoms with Crippen molar-refractivity contribution in [3.05, 3.63) is 0 Å². The van der Waals surface area contributed by atoms with Gasteiger partial charge in [-0.25, -0.2) is 0 Å². The number of Topliss-reactive ketones (excluding diaryl/α,β-unsaturated/α-hetero) is 2. The first-order valence-corrected chi connectivity index (χ1v) is 12.8. The van der Waals surface area contributed by atoms with Crippen LogP contribution in [0.15, 0.2) is 0 Å². The van der Waals surface area contributed by atoms with Gasteiger partial charge in [0.15, 0.2) is 11.6 Å². The lowest BCUT2D eigenvalue weighted by Crippen LogP contribution is -2.55. The van der Waals surface area contributed by atoms with Gasteiger partial charge in [0, 0.05) is 21.9 Å². The molecule has 0 saturated carbocycles. The SMILES string of the molecule is CCC(C)C(NC(C)(C)CCC(C)(C)C(=O)C(CC(C)C)NC(C)(C)C)C(=O)C(C)(C)C. The van der Waals surface area contributed by atoms with E-state index in [-0.39, 0.29) is 40.3 Å². The lowest BCUT2D eigenvalue weighted by molar-refractivity contribution is -0.132. The third-order valence-corrected chi connectivity index (χ3v) is 6.45. The highest BCUT2D eigenvalue weighted by atomic mass is 16.1. The molecule has 0 fully saturated rings. The summed E-state index contributed by atoms with van der Waals surface area (Å²) in [5, 5.41) is 7.25. The van der Waals surface area contributed by atoms with Gasteiger partial charge in [-0.1, -0.05) is 68.7 Å². The minimum atomic E-state index is -0.434. The molecule has 0 aliphatic carbocycles. The van der Waals surface area contributed by atoms with E-state index in [4.69, 9.17) is 0 Å². The van der Waals surface area contributed by atoms with Crippen LogP contribution < -0.4 is 10.6 Å². The molecule has 0 bridgehead atoms. The zero-order valence-corrected chi connectivity index (χ0v) is 24.0. The van der Waals surface area contributed by atoms with Crippen LogP contribution in [0.1, 0.15) is 123 Å². The largest absolute Gasteiger partial charge is 0.303 e. The third-order valence-electron chi connectivity index (χ3n) is 6.45. The standard InChI is InChI=1S/C28H56N2O2/c1-15-20(4)22(24(32)25(5,6)7)30-28(13,14)17-16-27(11,12)23(31)21(18-19(2)3)29-26(8,9)10/h19-22,29-30H,15-18H2,1-14H3. The zero-order valence-electron chi connectivity index (χ0n) is 24.0. The molecule has 0 amide bonds. The molecule has 2 N–H and O–H groups in total. The molecule has 4 heteroatoms. The van der Waals surface area contributed by atoms with Gasteiger partial charge < -0.3 is 10.6 Å². The van der Waals surface area contributed by atoms with Crippen molar-refractivity contribution in [1.29, 1.82) is 0 Å². The minimum Gasteiger partial charge on any atom is -0.303 e. The molecule has 0 aromatic carbocycles. The van der Waals surface area contributed by atoms with Crippen molar-refractivity contribution in [3.63, 3.8) is 0 Å². The Kier molecular flexibility index (Phi) is 11.3. The molecular formula is C28H56N2O2. The predicted octanol–water partition coefficient (Wildman–Crippen LogP) is 6.56. The highest BCUT2D eigenvalue weighted by Gasteiger charge is 2.39. The molecule has 0 aliphatic rings. The van der Waals surface area contributed by atoms with E-state index in [1.165, 1.54) is 0 Å². The normalized spacial score (nSPS) is 16.7. The quantitative estimate of drug-likeness (QED) is 0.332. The average molecular weight is 453 g/mol. The second kappa shape index (κ2) is 11.6. The Morgan fingerprint density at radius 2 is 1.25 bits per heavy atom. The molecule has 0 aromatic rings. The van der Waals surface area contributed by atoms with Crippen LogP contribution in [0.25, 0.3) is 0 Å². The van der Waals surface area contributed by atoms with Gasteiger partial charge in [-0.2, -0.15) is 0 Å². The molecule has 0 rings (SSSR count). The van der Waals surface area contributed by atoms with E-state index >= 15 is 0 Å². The van der Waals surface area contributed by atoms with Gasteiger partial charge in [0.05, 0.1) is 12.1 Å². The molecule has 0 radical (unpaired) electrons. The van der Waals surface area contributed by atoms with Crippen LogP contribution >= 0.6 is 0 Å². The van der Waals surface area contributed by atoms with Gasteiger partial charge in [0.25, 0.3) is 0 Å². The monoisotopic (exact) mass is 452 g/mol. The van der Waals surface area contributed by atoms with Crippen LogP contribution in [0, 0.1) is 22.7 Å². The summed E-state index contributed by atoms with van der Waals surface area (Å²) in [6, 6.07) is -0.318. The summed E-state index contributed by atoms with van der Waals surface area (Å²) in [7, 11) is 0. The molecule has 3 unspecified atom stereocenters. The molecule has 0 aliphatic heterocycles. The number of hydrogen-bond acceptors (Lipinski definition) is 4. The number of ketones is 2. The Morgan fingerprint density at radius 3 is 1.62 bits per heavy atom. The van der Waals surface area contributed by atoms with Gasteiger partial charge in [0.2, 0.25) is 0 Å². The highest BCUT2D eigenvalue weighted by molar-refractivity contribution is 5.89. The van der Waals surface area contributed by atoms with Crippen LogP contribution in [0.5, 0.6) is 0 Å². The van der Waals surface area contributed by atoms with E-state index in [1.54, 1.807) is 0 Å². The van der Waals surface area contributed by atoms with E-state index in [0.717, 1.165) is 25.7 Å². The van der Waals surface area contributed by atoms with E-state index in [0.29, 0.717) is 11.7 Å². The van der Waals surface area contributed by atoms with Gasteiger partial charge in [0.1, 0.15) is 0 Å². The first kappa shape index (κ1) is 31.3. The zero-order chi connectivity index (χ0) is 25.7. The molecule has 190 valence electrons. The van der Waals surface area contributed by atoms with E-state index in [2.05, 4.69) is 86.8 Å². The third kappa shape index (κ3) is 10.9. The Morgan fingerprint density at radius 1 is 0.750 bits per heavy atom. The van der Waals surface area contributed by atoms with Crippen molar-refractivity contribution in [3.8, 4) is 0 Å². The van der Waals surface area contributed by atoms with Gasteiger partial charge in [-0.15, -0.1) is 0 Å². The van der Waals surface area contributed by atoms with Crippen LogP contribution in [-0.4, -0.2) is 34.7 Å². The maximum absolute atomic E-state index is 13.6.